The number of nitrogens with two attached hydrogens (primary N) is 1. The van der Waals surface area contributed by atoms with Crippen LogP contribution in [0.4, 0.5) is 5.82 Å². The first-order valence-corrected chi connectivity index (χ1v) is 5.06. The summed E-state index contributed by atoms with van der Waals surface area (Å²) in [6.07, 6.45) is 0. The Hall–Kier alpha value is -1.36. The maximum absolute atomic E-state index is 5.53. The molecular formula is C10H18N4O. The molecule has 5 heteroatoms. The number of ether oxygens (including phenoxy) is 1. The van der Waals surface area contributed by atoms with Crippen molar-refractivity contribution in [2.45, 2.75) is 13.8 Å². The molecule has 0 aliphatic carbocycles. The Morgan fingerprint density at radius 1 is 1.47 bits per heavy atom. The summed E-state index contributed by atoms with van der Waals surface area (Å²) in [5, 5.41) is 0. The number of hydrogen-bond acceptors (Lipinski definition) is 5. The van der Waals surface area contributed by atoms with Gasteiger partial charge >= 0.3 is 0 Å². The SMILES string of the molecule is CCN(CCN)c1cc(OC)nc(C)n1. The predicted octanol–water partition coefficient (Wildman–Crippen LogP) is 0.579. The Labute approximate surface area is 90.3 Å². The van der Waals surface area contributed by atoms with E-state index in [1.165, 1.54) is 0 Å². The summed E-state index contributed by atoms with van der Waals surface area (Å²) < 4.78 is 5.10. The molecule has 0 fully saturated rings. The van der Waals surface area contributed by atoms with Gasteiger partial charge in [0, 0.05) is 25.7 Å². The second-order valence-electron chi connectivity index (χ2n) is 3.18. The van der Waals surface area contributed by atoms with Crippen molar-refractivity contribution in [3.05, 3.63) is 11.9 Å². The van der Waals surface area contributed by atoms with Crippen LogP contribution in [0.5, 0.6) is 5.88 Å². The molecule has 0 aliphatic rings. The number of hydrogen-bond donors (Lipinski definition) is 1. The number of aromatic nitrogens is 2. The summed E-state index contributed by atoms with van der Waals surface area (Å²) in [5.74, 6) is 2.17. The number of aryl methyl sites for hydroxylation is 1. The Morgan fingerprint density at radius 3 is 2.73 bits per heavy atom. The Kier molecular flexibility index (Phi) is 4.30. The molecule has 0 amide bonds. The van der Waals surface area contributed by atoms with E-state index >= 15 is 0 Å². The largest absolute Gasteiger partial charge is 0.481 e. The van der Waals surface area contributed by atoms with Gasteiger partial charge in [0.25, 0.3) is 0 Å². The normalized spacial score (nSPS) is 10.1. The molecule has 84 valence electrons. The minimum atomic E-state index is 0.591. The summed E-state index contributed by atoms with van der Waals surface area (Å²) in [4.78, 5) is 10.6. The first-order valence-electron chi connectivity index (χ1n) is 5.06. The monoisotopic (exact) mass is 210 g/mol. The van der Waals surface area contributed by atoms with Crippen LogP contribution in [-0.2, 0) is 0 Å². The highest BCUT2D eigenvalue weighted by atomic mass is 16.5. The van der Waals surface area contributed by atoms with Crippen molar-refractivity contribution in [3.63, 3.8) is 0 Å². The summed E-state index contributed by atoms with van der Waals surface area (Å²) in [5.41, 5.74) is 5.53. The predicted molar refractivity (Wildman–Crippen MR) is 60.3 cm³/mol. The van der Waals surface area contributed by atoms with Gasteiger partial charge in [-0.1, -0.05) is 0 Å². The van der Waals surface area contributed by atoms with E-state index in [1.54, 1.807) is 7.11 Å². The highest BCUT2D eigenvalue weighted by Gasteiger charge is 2.08. The lowest BCUT2D eigenvalue weighted by Crippen LogP contribution is -2.30. The third-order valence-electron chi connectivity index (χ3n) is 2.11. The molecule has 0 saturated heterocycles. The molecule has 0 bridgehead atoms. The molecule has 0 aliphatic heterocycles. The number of nitrogens with zero attached hydrogens (tertiary/aromatic N) is 3. The van der Waals surface area contributed by atoms with E-state index in [4.69, 9.17) is 10.5 Å². The van der Waals surface area contributed by atoms with Gasteiger partial charge in [-0.3, -0.25) is 0 Å². The van der Waals surface area contributed by atoms with E-state index in [9.17, 15) is 0 Å². The standard InChI is InChI=1S/C10H18N4O/c1-4-14(6-5-11)9-7-10(15-3)13-8(2)12-9/h7H,4-6,11H2,1-3H3. The molecule has 2 N–H and O–H groups in total. The fourth-order valence-electron chi connectivity index (χ4n) is 1.38. The van der Waals surface area contributed by atoms with Crippen molar-refractivity contribution in [1.82, 2.24) is 9.97 Å². The van der Waals surface area contributed by atoms with E-state index in [1.807, 2.05) is 13.0 Å². The van der Waals surface area contributed by atoms with Gasteiger partial charge in [-0.05, 0) is 13.8 Å². The van der Waals surface area contributed by atoms with Crippen LogP contribution >= 0.6 is 0 Å². The number of likely N-dealkylation sites (N-methyl/N-ethyl adjacent to an activating group) is 1. The number of methoxy groups -OCH3 is 1. The zero-order valence-electron chi connectivity index (χ0n) is 9.53. The molecule has 1 rings (SSSR count). The summed E-state index contributed by atoms with van der Waals surface area (Å²) in [6, 6.07) is 1.83. The molecule has 15 heavy (non-hydrogen) atoms. The van der Waals surface area contributed by atoms with Gasteiger partial charge in [0.2, 0.25) is 5.88 Å². The lowest BCUT2D eigenvalue weighted by Gasteiger charge is -2.21. The van der Waals surface area contributed by atoms with E-state index in [0.717, 1.165) is 18.9 Å². The van der Waals surface area contributed by atoms with Crippen molar-refractivity contribution in [1.29, 1.82) is 0 Å². The third kappa shape index (κ3) is 3.06. The smallest absolute Gasteiger partial charge is 0.218 e. The minimum Gasteiger partial charge on any atom is -0.481 e. The fraction of sp³-hybridized carbons (Fsp3) is 0.600. The molecule has 0 saturated carbocycles. The van der Waals surface area contributed by atoms with Gasteiger partial charge in [0.1, 0.15) is 11.6 Å². The number of rotatable bonds is 5. The second kappa shape index (κ2) is 5.50. The topological polar surface area (TPSA) is 64.3 Å². The van der Waals surface area contributed by atoms with Gasteiger partial charge in [-0.25, -0.2) is 4.98 Å². The highest BCUT2D eigenvalue weighted by molar-refractivity contribution is 5.41. The Morgan fingerprint density at radius 2 is 2.20 bits per heavy atom. The van der Waals surface area contributed by atoms with Crippen LogP contribution in [0, 0.1) is 6.92 Å². The van der Waals surface area contributed by atoms with Crippen molar-refractivity contribution in [2.75, 3.05) is 31.6 Å². The van der Waals surface area contributed by atoms with E-state index in [2.05, 4.69) is 21.8 Å². The molecule has 1 aromatic heterocycles. The molecule has 0 unspecified atom stereocenters. The van der Waals surface area contributed by atoms with E-state index in [-0.39, 0.29) is 0 Å². The average molecular weight is 210 g/mol. The number of anilines is 1. The van der Waals surface area contributed by atoms with Crippen molar-refractivity contribution >= 4 is 5.82 Å². The van der Waals surface area contributed by atoms with Gasteiger partial charge < -0.3 is 15.4 Å². The fourth-order valence-corrected chi connectivity index (χ4v) is 1.38. The highest BCUT2D eigenvalue weighted by Crippen LogP contribution is 2.16. The lowest BCUT2D eigenvalue weighted by atomic mass is 10.4. The third-order valence-corrected chi connectivity index (χ3v) is 2.11. The molecule has 0 spiro atoms. The molecule has 5 nitrogen and oxygen atoms in total. The zero-order valence-corrected chi connectivity index (χ0v) is 9.53. The van der Waals surface area contributed by atoms with Crippen LogP contribution in [0.1, 0.15) is 12.7 Å². The van der Waals surface area contributed by atoms with Crippen molar-refractivity contribution in [2.24, 2.45) is 5.73 Å². The molecule has 0 atom stereocenters. The maximum Gasteiger partial charge on any atom is 0.218 e. The van der Waals surface area contributed by atoms with Crippen molar-refractivity contribution < 1.29 is 4.74 Å². The van der Waals surface area contributed by atoms with Crippen LogP contribution in [0.15, 0.2) is 6.07 Å². The van der Waals surface area contributed by atoms with E-state index < -0.39 is 0 Å². The first kappa shape index (κ1) is 11.7. The maximum atomic E-state index is 5.53. The van der Waals surface area contributed by atoms with E-state index in [0.29, 0.717) is 18.2 Å². The van der Waals surface area contributed by atoms with Crippen LogP contribution < -0.4 is 15.4 Å². The molecule has 0 radical (unpaired) electrons. The Bertz CT molecular complexity index is 316. The summed E-state index contributed by atoms with van der Waals surface area (Å²) in [6.45, 7) is 6.19. The van der Waals surface area contributed by atoms with Crippen molar-refractivity contribution in [3.8, 4) is 5.88 Å². The van der Waals surface area contributed by atoms with Gasteiger partial charge in [0.05, 0.1) is 7.11 Å². The van der Waals surface area contributed by atoms with Gasteiger partial charge in [-0.15, -0.1) is 0 Å². The molecule has 0 aromatic carbocycles. The van der Waals surface area contributed by atoms with Crippen LogP contribution in [0.3, 0.4) is 0 Å². The second-order valence-corrected chi connectivity index (χ2v) is 3.18. The average Bonchev–Trinajstić information content (AvgIpc) is 2.24. The first-order chi connectivity index (χ1) is 7.21. The lowest BCUT2D eigenvalue weighted by molar-refractivity contribution is 0.395. The quantitative estimate of drug-likeness (QED) is 0.770. The van der Waals surface area contributed by atoms with Crippen LogP contribution in [0.25, 0.3) is 0 Å². The van der Waals surface area contributed by atoms with Crippen LogP contribution in [-0.4, -0.2) is 36.7 Å². The van der Waals surface area contributed by atoms with Gasteiger partial charge in [0.15, 0.2) is 0 Å². The molecule has 1 heterocycles. The summed E-state index contributed by atoms with van der Waals surface area (Å²) >= 11 is 0. The van der Waals surface area contributed by atoms with Crippen LogP contribution in [0.2, 0.25) is 0 Å². The zero-order chi connectivity index (χ0) is 11.3. The van der Waals surface area contributed by atoms with Gasteiger partial charge in [-0.2, -0.15) is 4.98 Å². The Balaban J connectivity index is 2.95. The molecule has 1 aromatic rings. The summed E-state index contributed by atoms with van der Waals surface area (Å²) in [7, 11) is 1.60. The minimum absolute atomic E-state index is 0.591. The molecular weight excluding hydrogens is 192 g/mol.